The lowest BCUT2D eigenvalue weighted by Crippen LogP contribution is -2.20. The summed E-state index contributed by atoms with van der Waals surface area (Å²) in [5.41, 5.74) is 2.22. The van der Waals surface area contributed by atoms with E-state index in [2.05, 4.69) is 4.57 Å². The van der Waals surface area contributed by atoms with Gasteiger partial charge in [0.25, 0.3) is 0 Å². The van der Waals surface area contributed by atoms with E-state index in [0.29, 0.717) is 18.6 Å². The number of esters is 2. The fourth-order valence-corrected chi connectivity index (χ4v) is 3.47. The van der Waals surface area contributed by atoms with Crippen molar-refractivity contribution in [2.45, 2.75) is 38.6 Å². The van der Waals surface area contributed by atoms with Gasteiger partial charge < -0.3 is 14.0 Å². The van der Waals surface area contributed by atoms with Gasteiger partial charge in [0.15, 0.2) is 0 Å². The summed E-state index contributed by atoms with van der Waals surface area (Å²) in [6, 6.07) is 7.74. The van der Waals surface area contributed by atoms with Crippen molar-refractivity contribution in [3.63, 3.8) is 0 Å². The first-order valence-corrected chi connectivity index (χ1v) is 8.05. The van der Waals surface area contributed by atoms with Crippen LogP contribution in [0.1, 0.15) is 48.2 Å². The molecule has 0 saturated heterocycles. The van der Waals surface area contributed by atoms with Gasteiger partial charge in [-0.3, -0.25) is 4.79 Å². The number of nitrogens with zero attached hydrogens (tertiary/aromatic N) is 1. The van der Waals surface area contributed by atoms with E-state index in [1.54, 1.807) is 6.92 Å². The second kappa shape index (κ2) is 6.44. The molecule has 122 valence electrons. The molecule has 1 atom stereocenters. The third-order valence-corrected chi connectivity index (χ3v) is 4.43. The minimum absolute atomic E-state index is 0.261. The van der Waals surface area contributed by atoms with Gasteiger partial charge in [0.05, 0.1) is 25.2 Å². The van der Waals surface area contributed by atoms with Crippen molar-refractivity contribution in [3.8, 4) is 0 Å². The average molecular weight is 315 g/mol. The summed E-state index contributed by atoms with van der Waals surface area (Å²) >= 11 is 0. The van der Waals surface area contributed by atoms with Gasteiger partial charge in [0, 0.05) is 23.1 Å². The van der Waals surface area contributed by atoms with Crippen LogP contribution in [0.4, 0.5) is 0 Å². The van der Waals surface area contributed by atoms with Crippen LogP contribution >= 0.6 is 0 Å². The van der Waals surface area contributed by atoms with Gasteiger partial charge in [-0.05, 0) is 25.8 Å². The topological polar surface area (TPSA) is 57.5 Å². The van der Waals surface area contributed by atoms with E-state index >= 15 is 0 Å². The number of carbonyl (C=O) groups is 2. The predicted octanol–water partition coefficient (Wildman–Crippen LogP) is 3.26. The van der Waals surface area contributed by atoms with Crippen molar-refractivity contribution in [1.29, 1.82) is 0 Å². The lowest BCUT2D eigenvalue weighted by Gasteiger charge is -2.16. The minimum atomic E-state index is -0.418. The van der Waals surface area contributed by atoms with Gasteiger partial charge in [-0.15, -0.1) is 0 Å². The van der Waals surface area contributed by atoms with E-state index < -0.39 is 11.9 Å². The summed E-state index contributed by atoms with van der Waals surface area (Å²) in [5.74, 6) is -1.08. The standard InChI is InChI=1S/C18H21NO4/c1-3-23-17(20)13-9-6-7-11-19-14-10-5-4-8-12(14)15(16(13)19)18(21)22-2/h4-5,8,10,13H,3,6-7,9,11H2,1-2H3. The van der Waals surface area contributed by atoms with Gasteiger partial charge in [0.2, 0.25) is 0 Å². The van der Waals surface area contributed by atoms with Crippen molar-refractivity contribution in [2.24, 2.45) is 0 Å². The van der Waals surface area contributed by atoms with Crippen LogP contribution in [0.5, 0.6) is 0 Å². The third-order valence-electron chi connectivity index (χ3n) is 4.43. The summed E-state index contributed by atoms with van der Waals surface area (Å²) in [6.45, 7) is 2.93. The number of methoxy groups -OCH3 is 1. The Morgan fingerprint density at radius 1 is 1.26 bits per heavy atom. The number of benzene rings is 1. The number of para-hydroxylation sites is 1. The quantitative estimate of drug-likeness (QED) is 0.816. The molecular formula is C18H21NO4. The first-order chi connectivity index (χ1) is 11.2. The fourth-order valence-electron chi connectivity index (χ4n) is 3.47. The highest BCUT2D eigenvalue weighted by molar-refractivity contribution is 6.07. The number of aryl methyl sites for hydroxylation is 1. The van der Waals surface area contributed by atoms with Crippen molar-refractivity contribution in [3.05, 3.63) is 35.5 Å². The Balaban J connectivity index is 2.27. The van der Waals surface area contributed by atoms with Gasteiger partial charge in [-0.25, -0.2) is 4.79 Å². The van der Waals surface area contributed by atoms with Crippen LogP contribution in [-0.4, -0.2) is 30.2 Å². The second-order valence-electron chi connectivity index (χ2n) is 5.72. The average Bonchev–Trinajstić information content (AvgIpc) is 2.73. The number of rotatable bonds is 3. The first-order valence-electron chi connectivity index (χ1n) is 8.05. The van der Waals surface area contributed by atoms with Crippen LogP contribution in [-0.2, 0) is 20.8 Å². The van der Waals surface area contributed by atoms with Crippen LogP contribution in [0, 0.1) is 0 Å². The maximum atomic E-state index is 12.5. The Morgan fingerprint density at radius 3 is 2.78 bits per heavy atom. The molecule has 2 heterocycles. The predicted molar refractivity (Wildman–Crippen MR) is 86.5 cm³/mol. The van der Waals surface area contributed by atoms with Gasteiger partial charge in [-0.2, -0.15) is 0 Å². The molecule has 1 aromatic carbocycles. The summed E-state index contributed by atoms with van der Waals surface area (Å²) in [7, 11) is 1.37. The highest BCUT2D eigenvalue weighted by atomic mass is 16.5. The number of fused-ring (bicyclic) bond motifs is 3. The summed E-state index contributed by atoms with van der Waals surface area (Å²) < 4.78 is 12.3. The molecule has 0 N–H and O–H groups in total. The zero-order valence-corrected chi connectivity index (χ0v) is 13.5. The molecule has 0 amide bonds. The molecule has 23 heavy (non-hydrogen) atoms. The van der Waals surface area contributed by atoms with Crippen molar-refractivity contribution in [1.82, 2.24) is 4.57 Å². The van der Waals surface area contributed by atoms with Crippen molar-refractivity contribution >= 4 is 22.8 Å². The number of aromatic nitrogens is 1. The Bertz CT molecular complexity index is 747. The molecule has 0 spiro atoms. The van der Waals surface area contributed by atoms with E-state index in [0.717, 1.165) is 36.0 Å². The van der Waals surface area contributed by atoms with Crippen LogP contribution < -0.4 is 0 Å². The molecule has 2 aromatic rings. The summed E-state index contributed by atoms with van der Waals surface area (Å²) in [5, 5.41) is 0.838. The van der Waals surface area contributed by atoms with Crippen LogP contribution in [0.25, 0.3) is 10.9 Å². The maximum Gasteiger partial charge on any atom is 0.340 e. The number of ether oxygens (including phenoxy) is 2. The number of hydrogen-bond acceptors (Lipinski definition) is 4. The normalized spacial score (nSPS) is 17.4. The highest BCUT2D eigenvalue weighted by Crippen LogP contribution is 2.37. The van der Waals surface area contributed by atoms with E-state index in [1.807, 2.05) is 24.3 Å². The Morgan fingerprint density at radius 2 is 2.04 bits per heavy atom. The Hall–Kier alpha value is -2.30. The molecule has 1 aliphatic heterocycles. The lowest BCUT2D eigenvalue weighted by molar-refractivity contribution is -0.145. The lowest BCUT2D eigenvalue weighted by atomic mass is 9.95. The molecule has 3 rings (SSSR count). The summed E-state index contributed by atoms with van der Waals surface area (Å²) in [6.07, 6.45) is 2.60. The van der Waals surface area contributed by atoms with Crippen LogP contribution in [0.3, 0.4) is 0 Å². The van der Waals surface area contributed by atoms with Gasteiger partial charge in [-0.1, -0.05) is 24.6 Å². The SMILES string of the molecule is CCOC(=O)C1CCCCn2c1c(C(=O)OC)c1ccccc12. The second-order valence-corrected chi connectivity index (χ2v) is 5.72. The molecule has 0 saturated carbocycles. The van der Waals surface area contributed by atoms with Gasteiger partial charge in [0.1, 0.15) is 0 Å². The Kier molecular flexibility index (Phi) is 4.37. The molecule has 5 heteroatoms. The van der Waals surface area contributed by atoms with E-state index in [9.17, 15) is 9.59 Å². The largest absolute Gasteiger partial charge is 0.465 e. The van der Waals surface area contributed by atoms with E-state index in [4.69, 9.17) is 9.47 Å². The molecule has 0 aliphatic carbocycles. The summed E-state index contributed by atoms with van der Waals surface area (Å²) in [4.78, 5) is 24.9. The smallest absolute Gasteiger partial charge is 0.340 e. The molecular weight excluding hydrogens is 294 g/mol. The molecule has 5 nitrogen and oxygen atoms in total. The van der Waals surface area contributed by atoms with Crippen molar-refractivity contribution < 1.29 is 19.1 Å². The highest BCUT2D eigenvalue weighted by Gasteiger charge is 2.34. The van der Waals surface area contributed by atoms with Crippen LogP contribution in [0.2, 0.25) is 0 Å². The monoisotopic (exact) mass is 315 g/mol. The van der Waals surface area contributed by atoms with E-state index in [-0.39, 0.29) is 5.97 Å². The zero-order chi connectivity index (χ0) is 16.4. The Labute approximate surface area is 135 Å². The molecule has 1 unspecified atom stereocenters. The molecule has 1 aliphatic rings. The fraction of sp³-hybridized carbons (Fsp3) is 0.444. The van der Waals surface area contributed by atoms with Gasteiger partial charge >= 0.3 is 11.9 Å². The van der Waals surface area contributed by atoms with Crippen LogP contribution in [0.15, 0.2) is 24.3 Å². The van der Waals surface area contributed by atoms with E-state index in [1.165, 1.54) is 7.11 Å². The molecule has 0 bridgehead atoms. The number of carbonyl (C=O) groups excluding carboxylic acids is 2. The molecule has 1 aromatic heterocycles. The molecule has 0 radical (unpaired) electrons. The van der Waals surface area contributed by atoms with Crippen molar-refractivity contribution in [2.75, 3.05) is 13.7 Å². The zero-order valence-electron chi connectivity index (χ0n) is 13.5. The number of hydrogen-bond donors (Lipinski definition) is 0. The minimum Gasteiger partial charge on any atom is -0.465 e. The third kappa shape index (κ3) is 2.60. The first kappa shape index (κ1) is 15.6. The maximum absolute atomic E-state index is 12.5. The molecule has 0 fully saturated rings.